The SMILES string of the molecule is C=Cc1ccccc1.CC(C)COC(=O)/C=C\C(=O)O.COC(=O)/C=C\C(=O)O.O=C1C=CC(=O)O1.[HH].[Na]. The molecule has 37 heavy (non-hydrogen) atoms. The van der Waals surface area contributed by atoms with Crippen LogP contribution >= 0.6 is 0 Å². The first-order valence-corrected chi connectivity index (χ1v) is 10.1. The number of carboxylic acids is 2. The van der Waals surface area contributed by atoms with Crippen LogP contribution in [0.5, 0.6) is 0 Å². The van der Waals surface area contributed by atoms with Crippen molar-refractivity contribution in [1.82, 2.24) is 0 Å². The second-order valence-corrected chi connectivity index (χ2v) is 6.58. The van der Waals surface area contributed by atoms with E-state index < -0.39 is 35.8 Å². The first-order valence-electron chi connectivity index (χ1n) is 10.1. The summed E-state index contributed by atoms with van der Waals surface area (Å²) in [5, 5.41) is 16.1. The predicted octanol–water partition coefficient (Wildman–Crippen LogP) is 2.45. The zero-order valence-corrected chi connectivity index (χ0v) is 23.0. The Morgan fingerprint density at radius 1 is 0.919 bits per heavy atom. The molecule has 0 amide bonds. The van der Waals surface area contributed by atoms with Crippen LogP contribution in [-0.2, 0) is 43.0 Å². The van der Waals surface area contributed by atoms with Crippen LogP contribution in [0.3, 0.4) is 0 Å². The van der Waals surface area contributed by atoms with Gasteiger partial charge in [0.15, 0.2) is 0 Å². The maximum atomic E-state index is 10.7. The van der Waals surface area contributed by atoms with Crippen LogP contribution in [0.15, 0.2) is 73.4 Å². The van der Waals surface area contributed by atoms with E-state index in [1.54, 1.807) is 0 Å². The molecule has 0 saturated heterocycles. The van der Waals surface area contributed by atoms with Crippen molar-refractivity contribution in [3.8, 4) is 0 Å². The molecule has 1 radical (unpaired) electrons. The Morgan fingerprint density at radius 2 is 1.38 bits per heavy atom. The Hall–Kier alpha value is -3.80. The third-order valence-electron chi connectivity index (χ3n) is 3.08. The quantitative estimate of drug-likeness (QED) is 0.175. The van der Waals surface area contributed by atoms with E-state index >= 15 is 0 Å². The molecule has 2 N–H and O–H groups in total. The summed E-state index contributed by atoms with van der Waals surface area (Å²) in [6, 6.07) is 10.0. The van der Waals surface area contributed by atoms with Crippen molar-refractivity contribution in [2.75, 3.05) is 13.7 Å². The Labute approximate surface area is 237 Å². The van der Waals surface area contributed by atoms with Crippen molar-refractivity contribution < 1.29 is 54.6 Å². The number of methoxy groups -OCH3 is 1. The van der Waals surface area contributed by atoms with Gasteiger partial charge in [-0.2, -0.15) is 0 Å². The Balaban J connectivity index is -0.000000203. The van der Waals surface area contributed by atoms with Crippen molar-refractivity contribution in [1.29, 1.82) is 0 Å². The van der Waals surface area contributed by atoms with Crippen molar-refractivity contribution in [2.24, 2.45) is 5.92 Å². The third-order valence-corrected chi connectivity index (χ3v) is 3.08. The van der Waals surface area contributed by atoms with Gasteiger partial charge >= 0.3 is 35.8 Å². The fourth-order valence-electron chi connectivity index (χ4n) is 1.54. The molecule has 1 aliphatic rings. The molecule has 0 aliphatic carbocycles. The van der Waals surface area contributed by atoms with Gasteiger partial charge in [0.1, 0.15) is 0 Å². The van der Waals surface area contributed by atoms with Gasteiger partial charge in [-0.3, -0.25) is 0 Å². The molecule has 0 unspecified atom stereocenters. The van der Waals surface area contributed by atoms with E-state index in [1.807, 2.05) is 50.3 Å². The summed E-state index contributed by atoms with van der Waals surface area (Å²) in [4.78, 5) is 60.3. The minimum absolute atomic E-state index is 0. The van der Waals surface area contributed by atoms with Crippen LogP contribution in [0, 0.1) is 5.92 Å². The van der Waals surface area contributed by atoms with Gasteiger partial charge in [-0.1, -0.05) is 56.8 Å². The fraction of sp³-hybridized carbons (Fsp3) is 0.200. The number of hydrogen-bond donors (Lipinski definition) is 2. The van der Waals surface area contributed by atoms with E-state index in [0.29, 0.717) is 12.7 Å². The van der Waals surface area contributed by atoms with Gasteiger partial charge in [0, 0.05) is 67.4 Å². The number of hydrogen-bond acceptors (Lipinski definition) is 9. The first-order chi connectivity index (χ1) is 16.9. The minimum atomic E-state index is -1.17. The molecule has 1 aliphatic heterocycles. The number of ether oxygens (including phenoxy) is 3. The Kier molecular flexibility index (Phi) is 24.4. The number of carbonyl (C=O) groups is 6. The van der Waals surface area contributed by atoms with E-state index in [0.717, 1.165) is 30.4 Å². The van der Waals surface area contributed by atoms with Crippen molar-refractivity contribution >= 4 is 71.4 Å². The van der Waals surface area contributed by atoms with E-state index in [4.69, 9.17) is 10.2 Å². The molecule has 0 aromatic heterocycles. The van der Waals surface area contributed by atoms with E-state index in [-0.39, 0.29) is 36.9 Å². The van der Waals surface area contributed by atoms with Gasteiger partial charge in [0.05, 0.1) is 13.7 Å². The zero-order valence-electron chi connectivity index (χ0n) is 21.0. The van der Waals surface area contributed by atoms with Crippen LogP contribution in [0.1, 0.15) is 20.8 Å². The van der Waals surface area contributed by atoms with Gasteiger partial charge in [0.2, 0.25) is 0 Å². The predicted molar refractivity (Wildman–Crippen MR) is 136 cm³/mol. The van der Waals surface area contributed by atoms with Gasteiger partial charge in [-0.15, -0.1) is 0 Å². The number of aliphatic carboxylic acids is 2. The monoisotopic (exact) mass is 529 g/mol. The summed E-state index contributed by atoms with van der Waals surface area (Å²) < 4.78 is 12.7. The molecule has 12 heteroatoms. The zero-order chi connectivity index (χ0) is 27.9. The summed E-state index contributed by atoms with van der Waals surface area (Å²) in [5.74, 6) is -4.51. The topological polar surface area (TPSA) is 171 Å². The van der Waals surface area contributed by atoms with E-state index in [9.17, 15) is 28.8 Å². The van der Waals surface area contributed by atoms with E-state index in [1.165, 1.54) is 12.7 Å². The third kappa shape index (κ3) is 28.3. The number of carboxylic acid groups (broad SMARTS) is 2. The molecule has 1 aromatic carbocycles. The summed E-state index contributed by atoms with van der Waals surface area (Å²) in [7, 11) is 1.18. The molecule has 1 heterocycles. The fourth-order valence-corrected chi connectivity index (χ4v) is 1.54. The molecule has 1 aromatic rings. The molecule has 0 fully saturated rings. The largest absolute Gasteiger partial charge is 0.478 e. The number of esters is 4. The van der Waals surface area contributed by atoms with Gasteiger partial charge in [0.25, 0.3) is 0 Å². The van der Waals surface area contributed by atoms with Crippen LogP contribution in [0.4, 0.5) is 0 Å². The normalized spacial score (nSPS) is 10.9. The molecule has 0 bridgehead atoms. The smallest absolute Gasteiger partial charge is 0.338 e. The van der Waals surface area contributed by atoms with E-state index in [2.05, 4.69) is 20.8 Å². The van der Waals surface area contributed by atoms with Crippen molar-refractivity contribution in [3.63, 3.8) is 0 Å². The Morgan fingerprint density at radius 3 is 1.68 bits per heavy atom. The molecule has 0 atom stereocenters. The number of rotatable bonds is 7. The molecular formula is C25H30NaO11. The first kappa shape index (κ1) is 37.7. The minimum Gasteiger partial charge on any atom is -0.478 e. The number of cyclic esters (lactones) is 2. The van der Waals surface area contributed by atoms with Crippen LogP contribution in [-0.4, -0.2) is 89.3 Å². The molecule has 197 valence electrons. The maximum absolute atomic E-state index is 10.7. The van der Waals surface area contributed by atoms with Gasteiger partial charge < -0.3 is 24.4 Å². The molecule has 11 nitrogen and oxygen atoms in total. The summed E-state index contributed by atoms with van der Waals surface area (Å²) in [6.45, 7) is 7.73. The van der Waals surface area contributed by atoms with Crippen LogP contribution in [0.2, 0.25) is 0 Å². The average molecular weight is 529 g/mol. The van der Waals surface area contributed by atoms with Crippen LogP contribution < -0.4 is 0 Å². The second kappa shape index (κ2) is 23.9. The summed E-state index contributed by atoms with van der Waals surface area (Å²) in [5.41, 5.74) is 1.17. The van der Waals surface area contributed by atoms with Crippen molar-refractivity contribution in [2.45, 2.75) is 13.8 Å². The number of carbonyl (C=O) groups excluding carboxylic acids is 4. The maximum Gasteiger partial charge on any atom is 0.338 e. The van der Waals surface area contributed by atoms with Crippen LogP contribution in [0.25, 0.3) is 6.08 Å². The standard InChI is InChI=1S/C8H12O4.C8H8.C5H6O4.C4H2O3.Na.H2/c1-6(2)5-12-8(11)4-3-7(9)10;1-2-8-6-4-3-5-7-8;1-9-5(8)3-2-4(6)7;5-3-1-2-4(6)7-3;;/h3-4,6H,5H2,1-2H3,(H,9,10);2-7H,1H2;2-3H,1H3,(H,6,7);1-2H;;1H/b4-3-;;3-2-;;;. The number of benzene rings is 1. The average Bonchev–Trinajstić information content (AvgIpc) is 3.23. The Bertz CT molecular complexity index is 968. The molecular weight excluding hydrogens is 499 g/mol. The van der Waals surface area contributed by atoms with Gasteiger partial charge in [-0.05, 0) is 11.5 Å². The molecule has 0 spiro atoms. The van der Waals surface area contributed by atoms with Crippen molar-refractivity contribution in [3.05, 3.63) is 78.9 Å². The summed E-state index contributed by atoms with van der Waals surface area (Å²) >= 11 is 0. The molecule has 0 saturated carbocycles. The molecule has 2 rings (SSSR count). The second-order valence-electron chi connectivity index (χ2n) is 6.58. The summed E-state index contributed by atoms with van der Waals surface area (Å²) in [6.07, 6.45) is 7.20. The van der Waals surface area contributed by atoms with Gasteiger partial charge in [-0.25, -0.2) is 28.8 Å².